The summed E-state index contributed by atoms with van der Waals surface area (Å²) in [4.78, 5) is 4.80. The highest BCUT2D eigenvalue weighted by Crippen LogP contribution is 2.33. The highest BCUT2D eigenvalue weighted by atomic mass is 15.1. The summed E-state index contributed by atoms with van der Waals surface area (Å²) in [5.74, 6) is 0.920. The van der Waals surface area contributed by atoms with E-state index >= 15 is 0 Å². The second kappa shape index (κ2) is 5.48. The molecule has 0 aliphatic carbocycles. The van der Waals surface area contributed by atoms with Crippen LogP contribution in [0.3, 0.4) is 0 Å². The van der Waals surface area contributed by atoms with Gasteiger partial charge in [-0.25, -0.2) is 0 Å². The monoisotopic (exact) mass is 225 g/mol. The molecule has 0 aromatic carbocycles. The number of hydrogen-bond donors (Lipinski definition) is 1. The van der Waals surface area contributed by atoms with Crippen molar-refractivity contribution in [3.05, 3.63) is 0 Å². The second-order valence-corrected chi connectivity index (χ2v) is 5.96. The molecule has 0 aromatic rings. The standard InChI is InChI=1S/C13H27N3/c1-15(2)7-4-8-16(3)10-11-9-12-5-6-13(11)14-12/h11-14H,4-10H2,1-3H3. The van der Waals surface area contributed by atoms with E-state index in [9.17, 15) is 0 Å². The number of rotatable bonds is 6. The fourth-order valence-corrected chi connectivity index (χ4v) is 3.29. The molecule has 94 valence electrons. The Morgan fingerprint density at radius 3 is 2.50 bits per heavy atom. The predicted octanol–water partition coefficient (Wildman–Crippen LogP) is 1.01. The van der Waals surface area contributed by atoms with Gasteiger partial charge in [0.25, 0.3) is 0 Å². The van der Waals surface area contributed by atoms with E-state index in [4.69, 9.17) is 0 Å². The Bertz CT molecular complexity index is 217. The van der Waals surface area contributed by atoms with Gasteiger partial charge in [-0.2, -0.15) is 0 Å². The van der Waals surface area contributed by atoms with Gasteiger partial charge in [0.1, 0.15) is 0 Å². The second-order valence-electron chi connectivity index (χ2n) is 5.96. The van der Waals surface area contributed by atoms with E-state index in [1.165, 1.54) is 45.3 Å². The summed E-state index contributed by atoms with van der Waals surface area (Å²) in [6.45, 7) is 3.74. The topological polar surface area (TPSA) is 18.5 Å². The predicted molar refractivity (Wildman–Crippen MR) is 68.7 cm³/mol. The van der Waals surface area contributed by atoms with Crippen molar-refractivity contribution in [1.29, 1.82) is 0 Å². The van der Waals surface area contributed by atoms with E-state index in [1.54, 1.807) is 0 Å². The fraction of sp³-hybridized carbons (Fsp3) is 1.00. The maximum absolute atomic E-state index is 3.72. The van der Waals surface area contributed by atoms with E-state index in [1.807, 2.05) is 0 Å². The minimum Gasteiger partial charge on any atom is -0.311 e. The molecule has 2 bridgehead atoms. The van der Waals surface area contributed by atoms with Gasteiger partial charge in [-0.1, -0.05) is 0 Å². The van der Waals surface area contributed by atoms with Crippen molar-refractivity contribution in [2.24, 2.45) is 5.92 Å². The van der Waals surface area contributed by atoms with Gasteiger partial charge in [-0.15, -0.1) is 0 Å². The largest absolute Gasteiger partial charge is 0.311 e. The molecule has 2 aliphatic rings. The van der Waals surface area contributed by atoms with Crippen LogP contribution >= 0.6 is 0 Å². The summed E-state index contributed by atoms with van der Waals surface area (Å²) < 4.78 is 0. The minimum absolute atomic E-state index is 0.835. The number of hydrogen-bond acceptors (Lipinski definition) is 3. The first-order valence-corrected chi connectivity index (χ1v) is 6.74. The minimum atomic E-state index is 0.835. The summed E-state index contributed by atoms with van der Waals surface area (Å²) in [6, 6.07) is 1.69. The Morgan fingerprint density at radius 1 is 1.12 bits per heavy atom. The molecule has 2 heterocycles. The van der Waals surface area contributed by atoms with Crippen LogP contribution in [0.15, 0.2) is 0 Å². The maximum atomic E-state index is 3.72. The molecule has 0 radical (unpaired) electrons. The van der Waals surface area contributed by atoms with Crippen LogP contribution in [-0.2, 0) is 0 Å². The molecule has 3 heteroatoms. The molecule has 0 amide bonds. The van der Waals surface area contributed by atoms with Crippen molar-refractivity contribution in [3.8, 4) is 0 Å². The van der Waals surface area contributed by atoms with Crippen LogP contribution in [0.1, 0.15) is 25.7 Å². The maximum Gasteiger partial charge on any atom is 0.0111 e. The first-order chi connectivity index (χ1) is 7.65. The van der Waals surface area contributed by atoms with E-state index in [0.29, 0.717) is 0 Å². The molecule has 3 nitrogen and oxygen atoms in total. The van der Waals surface area contributed by atoms with Gasteiger partial charge in [0.15, 0.2) is 0 Å². The van der Waals surface area contributed by atoms with Crippen LogP contribution in [0.4, 0.5) is 0 Å². The third kappa shape index (κ3) is 3.19. The zero-order valence-corrected chi connectivity index (χ0v) is 11.1. The number of nitrogens with one attached hydrogen (secondary N) is 1. The van der Waals surface area contributed by atoms with Gasteiger partial charge >= 0.3 is 0 Å². The summed E-state index contributed by atoms with van der Waals surface area (Å²) in [5, 5.41) is 3.72. The van der Waals surface area contributed by atoms with Crippen molar-refractivity contribution < 1.29 is 0 Å². The summed E-state index contributed by atoms with van der Waals surface area (Å²) in [5.41, 5.74) is 0. The summed E-state index contributed by atoms with van der Waals surface area (Å²) in [7, 11) is 6.58. The molecule has 3 atom stereocenters. The lowest BCUT2D eigenvalue weighted by Crippen LogP contribution is -2.34. The number of nitrogens with zero attached hydrogens (tertiary/aromatic N) is 2. The van der Waals surface area contributed by atoms with Gasteiger partial charge in [0, 0.05) is 18.6 Å². The molecule has 0 spiro atoms. The highest BCUT2D eigenvalue weighted by molar-refractivity contribution is 4.97. The Hall–Kier alpha value is -0.120. The zero-order chi connectivity index (χ0) is 11.5. The van der Waals surface area contributed by atoms with Gasteiger partial charge in [-0.3, -0.25) is 0 Å². The lowest BCUT2D eigenvalue weighted by atomic mass is 9.89. The smallest absolute Gasteiger partial charge is 0.0111 e. The molecule has 0 saturated carbocycles. The highest BCUT2D eigenvalue weighted by Gasteiger charge is 2.38. The van der Waals surface area contributed by atoms with E-state index in [-0.39, 0.29) is 0 Å². The Morgan fingerprint density at radius 2 is 1.94 bits per heavy atom. The zero-order valence-electron chi connectivity index (χ0n) is 11.1. The van der Waals surface area contributed by atoms with Gasteiger partial charge in [-0.05, 0) is 65.8 Å². The average Bonchev–Trinajstić information content (AvgIpc) is 2.78. The lowest BCUT2D eigenvalue weighted by Gasteiger charge is -2.26. The van der Waals surface area contributed by atoms with E-state index < -0.39 is 0 Å². The molecular weight excluding hydrogens is 198 g/mol. The normalized spacial score (nSPS) is 33.2. The lowest BCUT2D eigenvalue weighted by molar-refractivity contribution is 0.237. The van der Waals surface area contributed by atoms with Crippen molar-refractivity contribution in [2.75, 3.05) is 40.8 Å². The van der Waals surface area contributed by atoms with Crippen molar-refractivity contribution in [3.63, 3.8) is 0 Å². The van der Waals surface area contributed by atoms with E-state index in [0.717, 1.165) is 18.0 Å². The first-order valence-electron chi connectivity index (χ1n) is 6.74. The van der Waals surface area contributed by atoms with Crippen molar-refractivity contribution in [2.45, 2.75) is 37.8 Å². The third-order valence-electron chi connectivity index (χ3n) is 4.12. The Balaban J connectivity index is 1.62. The third-order valence-corrected chi connectivity index (χ3v) is 4.12. The van der Waals surface area contributed by atoms with Crippen molar-refractivity contribution >= 4 is 0 Å². The Kier molecular flexibility index (Phi) is 4.22. The molecule has 2 aliphatic heterocycles. The van der Waals surface area contributed by atoms with Gasteiger partial charge in [0.2, 0.25) is 0 Å². The SMILES string of the molecule is CN(C)CCCN(C)CC1CC2CCC1N2. The first kappa shape index (κ1) is 12.3. The molecule has 2 saturated heterocycles. The number of fused-ring (bicyclic) bond motifs is 2. The molecule has 0 aromatic heterocycles. The summed E-state index contributed by atoms with van der Waals surface area (Å²) >= 11 is 0. The van der Waals surface area contributed by atoms with Gasteiger partial charge in [0.05, 0.1) is 0 Å². The average molecular weight is 225 g/mol. The quantitative estimate of drug-likeness (QED) is 0.728. The van der Waals surface area contributed by atoms with Crippen LogP contribution in [0.2, 0.25) is 0 Å². The molecule has 3 unspecified atom stereocenters. The molecule has 1 N–H and O–H groups in total. The van der Waals surface area contributed by atoms with Crippen LogP contribution in [0.25, 0.3) is 0 Å². The molecular formula is C13H27N3. The van der Waals surface area contributed by atoms with E-state index in [2.05, 4.69) is 36.3 Å². The molecule has 16 heavy (non-hydrogen) atoms. The molecule has 2 fully saturated rings. The van der Waals surface area contributed by atoms with Crippen LogP contribution in [0.5, 0.6) is 0 Å². The van der Waals surface area contributed by atoms with Crippen molar-refractivity contribution in [1.82, 2.24) is 15.1 Å². The van der Waals surface area contributed by atoms with Gasteiger partial charge < -0.3 is 15.1 Å². The van der Waals surface area contributed by atoms with Crippen LogP contribution < -0.4 is 5.32 Å². The Labute approximate surface area is 100 Å². The fourth-order valence-electron chi connectivity index (χ4n) is 3.29. The molecule has 2 rings (SSSR count). The van der Waals surface area contributed by atoms with Crippen LogP contribution in [0, 0.1) is 5.92 Å². The summed E-state index contributed by atoms with van der Waals surface area (Å²) in [6.07, 6.45) is 5.55. The van der Waals surface area contributed by atoms with Crippen LogP contribution in [-0.4, -0.2) is 62.7 Å².